The molecule has 0 fully saturated rings. The summed E-state index contributed by atoms with van der Waals surface area (Å²) in [5, 5.41) is 16.2. The molecular formula is C16H29N5O6S2. The summed E-state index contributed by atoms with van der Waals surface area (Å²) in [6.45, 7) is 3.51. The Morgan fingerprint density at radius 3 is 1.86 bits per heavy atom. The molecule has 0 saturated carbocycles. The molecular weight excluding hydrogens is 422 g/mol. The SMILES string of the molecule is CCC(C)C(NC(=O)C(N)CC(N)=O)C(=O)NC(CS)C(=O)NC(CS)C(=O)O. The second-order valence-corrected chi connectivity index (χ2v) is 7.20. The summed E-state index contributed by atoms with van der Waals surface area (Å²) in [6.07, 6.45) is 0.130. The van der Waals surface area contributed by atoms with Gasteiger partial charge in [-0.1, -0.05) is 20.3 Å². The van der Waals surface area contributed by atoms with Crippen molar-refractivity contribution in [2.75, 3.05) is 11.5 Å². The van der Waals surface area contributed by atoms with Gasteiger partial charge < -0.3 is 32.5 Å². The molecule has 0 aliphatic heterocycles. The molecule has 0 aliphatic carbocycles. The van der Waals surface area contributed by atoms with Crippen LogP contribution in [0.3, 0.4) is 0 Å². The Hall–Kier alpha value is -1.99. The quantitative estimate of drug-likeness (QED) is 0.143. The fourth-order valence-corrected chi connectivity index (χ4v) is 2.69. The number of amides is 4. The number of primary amides is 1. The van der Waals surface area contributed by atoms with Crippen LogP contribution in [0.25, 0.3) is 0 Å². The summed E-state index contributed by atoms with van der Waals surface area (Å²) in [4.78, 5) is 59.1. The highest BCUT2D eigenvalue weighted by atomic mass is 32.1. The van der Waals surface area contributed by atoms with E-state index < -0.39 is 53.8 Å². The number of rotatable bonds is 13. The molecule has 5 unspecified atom stereocenters. The van der Waals surface area contributed by atoms with Gasteiger partial charge in [0, 0.05) is 11.5 Å². The van der Waals surface area contributed by atoms with E-state index in [4.69, 9.17) is 16.6 Å². The van der Waals surface area contributed by atoms with E-state index in [0.717, 1.165) is 0 Å². The summed E-state index contributed by atoms with van der Waals surface area (Å²) < 4.78 is 0. The fraction of sp³-hybridized carbons (Fsp3) is 0.688. The van der Waals surface area contributed by atoms with Crippen molar-refractivity contribution in [3.63, 3.8) is 0 Å². The second-order valence-electron chi connectivity index (χ2n) is 6.47. The van der Waals surface area contributed by atoms with E-state index in [9.17, 15) is 24.0 Å². The van der Waals surface area contributed by atoms with E-state index in [1.807, 2.05) is 0 Å². The Balaban J connectivity index is 5.23. The number of nitrogens with one attached hydrogen (secondary N) is 3. The van der Waals surface area contributed by atoms with Crippen LogP contribution >= 0.6 is 25.3 Å². The van der Waals surface area contributed by atoms with E-state index in [1.165, 1.54) is 0 Å². The summed E-state index contributed by atoms with van der Waals surface area (Å²) in [5.74, 6) is -4.78. The molecule has 0 aliphatic rings. The highest BCUT2D eigenvalue weighted by Crippen LogP contribution is 2.09. The first-order valence-electron chi connectivity index (χ1n) is 8.87. The van der Waals surface area contributed by atoms with Crippen LogP contribution in [0.4, 0.5) is 0 Å². The van der Waals surface area contributed by atoms with Crippen LogP contribution in [0.5, 0.6) is 0 Å². The number of nitrogens with two attached hydrogens (primary N) is 2. The number of hydrogen-bond donors (Lipinski definition) is 8. The zero-order valence-electron chi connectivity index (χ0n) is 16.3. The van der Waals surface area contributed by atoms with Gasteiger partial charge in [0.2, 0.25) is 23.6 Å². The van der Waals surface area contributed by atoms with Crippen molar-refractivity contribution in [2.24, 2.45) is 17.4 Å². The predicted molar refractivity (Wildman–Crippen MR) is 112 cm³/mol. The summed E-state index contributed by atoms with van der Waals surface area (Å²) in [5.41, 5.74) is 10.6. The number of carboxylic acids is 1. The van der Waals surface area contributed by atoms with Gasteiger partial charge in [0.05, 0.1) is 12.5 Å². The van der Waals surface area contributed by atoms with Crippen molar-refractivity contribution < 1.29 is 29.1 Å². The molecule has 0 aromatic rings. The van der Waals surface area contributed by atoms with E-state index in [1.54, 1.807) is 13.8 Å². The Bertz CT molecular complexity index is 621. The van der Waals surface area contributed by atoms with Crippen molar-refractivity contribution in [3.05, 3.63) is 0 Å². The van der Waals surface area contributed by atoms with E-state index >= 15 is 0 Å². The molecule has 11 nitrogen and oxygen atoms in total. The lowest BCUT2D eigenvalue weighted by molar-refractivity contribution is -0.141. The average molecular weight is 452 g/mol. The van der Waals surface area contributed by atoms with Gasteiger partial charge in [0.25, 0.3) is 0 Å². The monoisotopic (exact) mass is 451 g/mol. The van der Waals surface area contributed by atoms with E-state index in [-0.39, 0.29) is 23.8 Å². The van der Waals surface area contributed by atoms with E-state index in [2.05, 4.69) is 41.2 Å². The highest BCUT2D eigenvalue weighted by Gasteiger charge is 2.32. The maximum atomic E-state index is 12.7. The highest BCUT2D eigenvalue weighted by molar-refractivity contribution is 7.80. The van der Waals surface area contributed by atoms with Crippen LogP contribution in [-0.2, 0) is 24.0 Å². The molecule has 29 heavy (non-hydrogen) atoms. The molecule has 0 aromatic carbocycles. The normalized spacial score (nSPS) is 15.9. The minimum atomic E-state index is -1.27. The topological polar surface area (TPSA) is 194 Å². The smallest absolute Gasteiger partial charge is 0.327 e. The zero-order valence-corrected chi connectivity index (χ0v) is 18.0. The first-order chi connectivity index (χ1) is 13.5. The molecule has 0 bridgehead atoms. The summed E-state index contributed by atoms with van der Waals surface area (Å²) in [6, 6.07) is -4.64. The van der Waals surface area contributed by atoms with Gasteiger partial charge >= 0.3 is 5.97 Å². The van der Waals surface area contributed by atoms with Crippen LogP contribution in [0.2, 0.25) is 0 Å². The van der Waals surface area contributed by atoms with Gasteiger partial charge in [-0.25, -0.2) is 4.79 Å². The number of aliphatic carboxylic acids is 1. The minimum Gasteiger partial charge on any atom is -0.480 e. The largest absolute Gasteiger partial charge is 0.480 e. The molecule has 13 heteroatoms. The Labute approximate surface area is 179 Å². The van der Waals surface area contributed by atoms with Gasteiger partial charge in [-0.2, -0.15) is 25.3 Å². The van der Waals surface area contributed by atoms with Crippen LogP contribution < -0.4 is 27.4 Å². The molecule has 0 saturated heterocycles. The Morgan fingerprint density at radius 2 is 1.45 bits per heavy atom. The Kier molecular flexibility index (Phi) is 12.4. The lowest BCUT2D eigenvalue weighted by Crippen LogP contribution is -2.59. The van der Waals surface area contributed by atoms with Gasteiger partial charge in [0.1, 0.15) is 18.1 Å². The maximum absolute atomic E-state index is 12.7. The predicted octanol–water partition coefficient (Wildman–Crippen LogP) is -2.37. The lowest BCUT2D eigenvalue weighted by atomic mass is 9.97. The van der Waals surface area contributed by atoms with Crippen LogP contribution in [0.15, 0.2) is 0 Å². The number of hydrogen-bond acceptors (Lipinski definition) is 8. The molecule has 0 rings (SSSR count). The third-order valence-corrected chi connectivity index (χ3v) is 4.89. The van der Waals surface area contributed by atoms with Crippen molar-refractivity contribution in [1.82, 2.24) is 16.0 Å². The molecule has 0 spiro atoms. The first kappa shape index (κ1) is 27.0. The second kappa shape index (κ2) is 13.3. The average Bonchev–Trinajstić information content (AvgIpc) is 2.66. The lowest BCUT2D eigenvalue weighted by Gasteiger charge is -2.27. The van der Waals surface area contributed by atoms with Crippen LogP contribution in [-0.4, -0.2) is 70.4 Å². The maximum Gasteiger partial charge on any atom is 0.327 e. The van der Waals surface area contributed by atoms with Gasteiger partial charge in [0.15, 0.2) is 0 Å². The van der Waals surface area contributed by atoms with Crippen LogP contribution in [0, 0.1) is 5.92 Å². The number of carbonyl (C=O) groups is 5. The molecule has 5 atom stereocenters. The Morgan fingerprint density at radius 1 is 0.931 bits per heavy atom. The van der Waals surface area contributed by atoms with Crippen molar-refractivity contribution in [1.29, 1.82) is 0 Å². The van der Waals surface area contributed by atoms with E-state index in [0.29, 0.717) is 6.42 Å². The molecule has 166 valence electrons. The van der Waals surface area contributed by atoms with Gasteiger partial charge in [-0.3, -0.25) is 19.2 Å². The number of thiol groups is 2. The summed E-state index contributed by atoms with van der Waals surface area (Å²) >= 11 is 7.87. The third-order valence-electron chi connectivity index (χ3n) is 4.16. The van der Waals surface area contributed by atoms with Gasteiger partial charge in [-0.15, -0.1) is 0 Å². The molecule has 0 radical (unpaired) electrons. The van der Waals surface area contributed by atoms with Crippen LogP contribution in [0.1, 0.15) is 26.7 Å². The minimum absolute atomic E-state index is 0.112. The first-order valence-corrected chi connectivity index (χ1v) is 10.1. The number of carboxylic acid groups (broad SMARTS) is 1. The molecule has 8 N–H and O–H groups in total. The van der Waals surface area contributed by atoms with Crippen molar-refractivity contribution >= 4 is 54.9 Å². The number of carbonyl (C=O) groups excluding carboxylic acids is 4. The molecule has 0 aromatic heterocycles. The van der Waals surface area contributed by atoms with Crippen molar-refractivity contribution in [2.45, 2.75) is 50.9 Å². The fourth-order valence-electron chi connectivity index (χ4n) is 2.19. The standard InChI is InChI=1S/C16H29N5O6S2/c1-3-7(2)12(21-13(23)8(17)4-11(18)22)15(25)19-9(5-28)14(24)20-10(6-29)16(26)27/h7-10,12,28-29H,3-6,17H2,1-2H3,(H2,18,22)(H,19,25)(H,20,24)(H,21,23)(H,26,27). The van der Waals surface area contributed by atoms with Crippen molar-refractivity contribution in [3.8, 4) is 0 Å². The molecule has 0 heterocycles. The molecule has 4 amide bonds. The summed E-state index contributed by atoms with van der Waals surface area (Å²) in [7, 11) is 0. The third kappa shape index (κ3) is 9.37. The van der Waals surface area contributed by atoms with Gasteiger partial charge in [-0.05, 0) is 5.92 Å². The zero-order chi connectivity index (χ0) is 22.7.